The van der Waals surface area contributed by atoms with Crippen LogP contribution in [0.2, 0.25) is 0 Å². The van der Waals surface area contributed by atoms with Crippen molar-refractivity contribution in [1.29, 1.82) is 0 Å². The summed E-state index contributed by atoms with van der Waals surface area (Å²) in [6, 6.07) is 6.04. The molecule has 0 aliphatic heterocycles. The summed E-state index contributed by atoms with van der Waals surface area (Å²) in [5.41, 5.74) is 2.03. The van der Waals surface area contributed by atoms with Crippen molar-refractivity contribution in [2.45, 2.75) is 58.8 Å². The maximum atomic E-state index is 10.3. The van der Waals surface area contributed by atoms with Gasteiger partial charge in [0.05, 0.1) is 0 Å². The zero-order valence-corrected chi connectivity index (χ0v) is 21.2. The molecule has 0 unspecified atom stereocenters. The smallest absolute Gasteiger partial charge is 0.123 e. The average molecular weight is 575 g/mol. The molecule has 1 aliphatic rings. The zero-order valence-electron chi connectivity index (χ0n) is 14.9. The van der Waals surface area contributed by atoms with Gasteiger partial charge in [-0.1, -0.05) is 59.7 Å². The first kappa shape index (κ1) is 28.5. The van der Waals surface area contributed by atoms with Gasteiger partial charge in [-0.05, 0) is 22.0 Å². The molecule has 0 saturated heterocycles. The molecule has 1 aromatic carbocycles. The molecule has 0 atom stereocenters. The van der Waals surface area contributed by atoms with Crippen molar-refractivity contribution >= 4 is 48.0 Å². The topological polar surface area (TPSA) is 20.2 Å². The van der Waals surface area contributed by atoms with Crippen LogP contribution in [-0.4, -0.2) is 5.11 Å². The number of allylic oxidation sites excluding steroid dienone is 4. The minimum Gasteiger partial charge on any atom is -0.507 e. The van der Waals surface area contributed by atoms with Gasteiger partial charge in [0, 0.05) is 21.7 Å². The maximum absolute atomic E-state index is 10.3. The Labute approximate surface area is 191 Å². The normalized spacial score (nSPS) is 12.3. The van der Waals surface area contributed by atoms with E-state index in [9.17, 15) is 5.11 Å². The van der Waals surface area contributed by atoms with Gasteiger partial charge in [-0.2, -0.15) is 6.08 Å². The summed E-state index contributed by atoms with van der Waals surface area (Å²) < 4.78 is 0. The Morgan fingerprint density at radius 2 is 1.35 bits per heavy atom. The summed E-state index contributed by atoms with van der Waals surface area (Å²) in [6.45, 7) is 12.7. The van der Waals surface area contributed by atoms with Gasteiger partial charge in [0.15, 0.2) is 0 Å². The molecule has 0 aromatic heterocycles. The third-order valence-corrected chi connectivity index (χ3v) is 3.24. The first-order valence-corrected chi connectivity index (χ1v) is 7.18. The van der Waals surface area contributed by atoms with Crippen LogP contribution in [0.15, 0.2) is 36.4 Å². The Bertz CT molecular complexity index is 467. The van der Waals surface area contributed by atoms with Gasteiger partial charge in [0.2, 0.25) is 0 Å². The van der Waals surface area contributed by atoms with Crippen LogP contribution >= 0.6 is 48.0 Å². The zero-order chi connectivity index (χ0) is 15.4. The summed E-state index contributed by atoms with van der Waals surface area (Å²) in [6.07, 6.45) is 10.0. The standard InChI is InChI=1S/C14H22O.C5H5.2HI.Ti/c1-13(2,3)10-8-7-9-11(12(10)15)14(4,5)6;1-2-4-5-3-1;;;/h7-9,15H,1-6H3;1-3H,4H2;2*1H;/q;-1;;;. The molecule has 4 heteroatoms. The van der Waals surface area contributed by atoms with Crippen LogP contribution in [0.4, 0.5) is 0 Å². The van der Waals surface area contributed by atoms with E-state index < -0.39 is 0 Å². The van der Waals surface area contributed by atoms with Crippen LogP contribution in [0, 0.1) is 6.08 Å². The van der Waals surface area contributed by atoms with E-state index in [1.807, 2.05) is 30.4 Å². The van der Waals surface area contributed by atoms with E-state index in [-0.39, 0.29) is 80.5 Å². The van der Waals surface area contributed by atoms with Crippen molar-refractivity contribution in [3.05, 3.63) is 53.6 Å². The minimum atomic E-state index is -0.00859. The molecule has 0 spiro atoms. The predicted octanol–water partition coefficient (Wildman–Crippen LogP) is 6.53. The SMILES string of the molecule is CC(C)(C)c1cccc(C(C)(C)C)c1O.I.I.[C-]1=CC=CC1.[Ti]. The monoisotopic (exact) mass is 575 g/mol. The molecule has 1 aromatic rings. The van der Waals surface area contributed by atoms with Gasteiger partial charge in [-0.15, -0.1) is 54.4 Å². The van der Waals surface area contributed by atoms with E-state index in [0.717, 1.165) is 17.5 Å². The second kappa shape index (κ2) is 12.1. The molecule has 1 nitrogen and oxygen atoms in total. The Hall–Kier alpha value is 0.674. The van der Waals surface area contributed by atoms with Crippen molar-refractivity contribution in [3.8, 4) is 5.75 Å². The molecule has 0 heterocycles. The quantitative estimate of drug-likeness (QED) is 0.212. The van der Waals surface area contributed by atoms with Crippen LogP contribution in [0.3, 0.4) is 0 Å². The summed E-state index contributed by atoms with van der Waals surface area (Å²) in [5, 5.41) is 10.3. The number of para-hydroxylation sites is 1. The maximum Gasteiger partial charge on any atom is 0.123 e. The van der Waals surface area contributed by atoms with Crippen molar-refractivity contribution in [3.63, 3.8) is 0 Å². The van der Waals surface area contributed by atoms with Gasteiger partial charge in [-0.3, -0.25) is 6.08 Å². The largest absolute Gasteiger partial charge is 0.507 e. The number of aromatic hydroxyl groups is 1. The second-order valence-electron chi connectivity index (χ2n) is 7.20. The number of hydrogen-bond acceptors (Lipinski definition) is 1. The van der Waals surface area contributed by atoms with Crippen LogP contribution < -0.4 is 0 Å². The van der Waals surface area contributed by atoms with Crippen molar-refractivity contribution in [2.75, 3.05) is 0 Å². The van der Waals surface area contributed by atoms with Gasteiger partial charge < -0.3 is 5.11 Å². The van der Waals surface area contributed by atoms with E-state index in [4.69, 9.17) is 0 Å². The number of hydrogen-bond donors (Lipinski definition) is 1. The van der Waals surface area contributed by atoms with Crippen molar-refractivity contribution in [1.82, 2.24) is 0 Å². The number of phenols is 1. The van der Waals surface area contributed by atoms with E-state index in [0.29, 0.717) is 5.75 Å². The number of benzene rings is 1. The summed E-state index contributed by atoms with van der Waals surface area (Å²) in [5.74, 6) is 0.456. The van der Waals surface area contributed by atoms with Crippen LogP contribution in [0.25, 0.3) is 0 Å². The third kappa shape index (κ3) is 9.66. The Balaban J connectivity index is -0.000000431. The molecule has 1 N–H and O–H groups in total. The number of phenolic OH excluding ortho intramolecular Hbond substituents is 1. The molecule has 130 valence electrons. The van der Waals surface area contributed by atoms with Crippen molar-refractivity contribution in [2.24, 2.45) is 0 Å². The van der Waals surface area contributed by atoms with E-state index in [1.54, 1.807) is 0 Å². The first-order valence-electron chi connectivity index (χ1n) is 7.18. The number of halogens is 2. The van der Waals surface area contributed by atoms with Gasteiger partial charge in [0.1, 0.15) is 5.75 Å². The Morgan fingerprint density at radius 3 is 1.57 bits per heavy atom. The molecule has 23 heavy (non-hydrogen) atoms. The van der Waals surface area contributed by atoms with E-state index >= 15 is 0 Å². The van der Waals surface area contributed by atoms with E-state index in [1.165, 1.54) is 0 Å². The Kier molecular flexibility index (Phi) is 15.0. The Morgan fingerprint density at radius 1 is 0.913 bits per heavy atom. The molecule has 1 aliphatic carbocycles. The van der Waals surface area contributed by atoms with Crippen LogP contribution in [0.1, 0.15) is 59.1 Å². The fourth-order valence-corrected chi connectivity index (χ4v) is 2.09. The molecule has 0 saturated carbocycles. The fraction of sp³-hybridized carbons (Fsp3) is 0.474. The van der Waals surface area contributed by atoms with E-state index in [2.05, 4.69) is 53.7 Å². The molecule has 0 bridgehead atoms. The van der Waals surface area contributed by atoms with Gasteiger partial charge in [-0.25, -0.2) is 12.2 Å². The van der Waals surface area contributed by atoms with Gasteiger partial charge in [0.25, 0.3) is 0 Å². The van der Waals surface area contributed by atoms with Crippen molar-refractivity contribution < 1.29 is 26.8 Å². The summed E-state index contributed by atoms with van der Waals surface area (Å²) >= 11 is 0. The van der Waals surface area contributed by atoms with Crippen LogP contribution in [-0.2, 0) is 32.5 Å². The fourth-order valence-electron chi connectivity index (χ4n) is 2.09. The summed E-state index contributed by atoms with van der Waals surface area (Å²) in [4.78, 5) is 0. The molecule has 2 rings (SSSR count). The predicted molar refractivity (Wildman–Crippen MR) is 118 cm³/mol. The first-order chi connectivity index (χ1) is 9.14. The summed E-state index contributed by atoms with van der Waals surface area (Å²) in [7, 11) is 0. The third-order valence-electron chi connectivity index (χ3n) is 3.24. The number of rotatable bonds is 0. The molecular weight excluding hydrogens is 546 g/mol. The molecular formula is C19H29I2OTi-. The molecule has 0 fully saturated rings. The molecule has 0 amide bonds. The molecule has 0 radical (unpaired) electrons. The second-order valence-corrected chi connectivity index (χ2v) is 7.20. The van der Waals surface area contributed by atoms with Crippen LogP contribution in [0.5, 0.6) is 5.75 Å². The minimum absolute atomic E-state index is 0. The average Bonchev–Trinajstić information content (AvgIpc) is 2.84. The van der Waals surface area contributed by atoms with Gasteiger partial charge >= 0.3 is 0 Å².